The second-order valence-corrected chi connectivity index (χ2v) is 10.9. The zero-order chi connectivity index (χ0) is 25.2. The minimum atomic E-state index is -4.50. The van der Waals surface area contributed by atoms with Crippen LogP contribution in [0.1, 0.15) is 115 Å². The Hall–Kier alpha value is -1.25. The van der Waals surface area contributed by atoms with Gasteiger partial charge < -0.3 is 13.9 Å². The molecule has 0 aliphatic heterocycles. The SMILES string of the molecule is CCCCCCCCCc1ccc(OP(=O)([O-])Oc2ccc(CCCCCCCCC)cc2)cc1.[Fe+3]. The third-order valence-corrected chi connectivity index (χ3v) is 7.29. The van der Waals surface area contributed by atoms with Gasteiger partial charge in [-0.3, -0.25) is 0 Å². The Balaban J connectivity index is 0.00000648. The van der Waals surface area contributed by atoms with Gasteiger partial charge in [-0.25, -0.2) is 4.57 Å². The van der Waals surface area contributed by atoms with Gasteiger partial charge in [0.1, 0.15) is 11.5 Å². The molecule has 0 fully saturated rings. The van der Waals surface area contributed by atoms with Gasteiger partial charge in [0.2, 0.25) is 0 Å². The number of benzene rings is 2. The van der Waals surface area contributed by atoms with E-state index in [9.17, 15) is 9.46 Å². The predicted molar refractivity (Wildman–Crippen MR) is 145 cm³/mol. The van der Waals surface area contributed by atoms with Crippen LogP contribution in [0.5, 0.6) is 11.5 Å². The molecule has 0 saturated heterocycles. The van der Waals surface area contributed by atoms with Gasteiger partial charge >= 0.3 is 24.9 Å². The molecule has 0 amide bonds. The molecule has 0 spiro atoms. The van der Waals surface area contributed by atoms with E-state index in [1.165, 1.54) is 88.2 Å². The Labute approximate surface area is 230 Å². The number of phosphoric ester groups is 1. The standard InChI is InChI=1S/C30H47O4P.Fe/c1-3-5-7-9-11-13-15-17-27-19-23-29(24-20-27)33-35(31,32)34-30-25-21-28(22-26-30)18-16-14-12-10-8-6-4-2;/h19-26H,3-18H2,1-2H3,(H,31,32);/q;+3/p-1. The Morgan fingerprint density at radius 3 is 1.19 bits per heavy atom. The van der Waals surface area contributed by atoms with Crippen molar-refractivity contribution in [1.82, 2.24) is 0 Å². The molecule has 1 radical (unpaired) electrons. The van der Waals surface area contributed by atoms with E-state index in [2.05, 4.69) is 13.8 Å². The first kappa shape index (κ1) is 32.8. The molecule has 2 aromatic carbocycles. The first-order valence-corrected chi connectivity index (χ1v) is 15.4. The Morgan fingerprint density at radius 2 is 0.861 bits per heavy atom. The first-order valence-electron chi connectivity index (χ1n) is 13.9. The van der Waals surface area contributed by atoms with Crippen molar-refractivity contribution in [3.63, 3.8) is 0 Å². The average Bonchev–Trinajstić information content (AvgIpc) is 2.84. The third kappa shape index (κ3) is 15.1. The van der Waals surface area contributed by atoms with Crippen molar-refractivity contribution in [1.29, 1.82) is 0 Å². The fourth-order valence-electron chi connectivity index (χ4n) is 4.28. The van der Waals surface area contributed by atoms with Crippen LogP contribution in [-0.2, 0) is 34.5 Å². The van der Waals surface area contributed by atoms with Crippen LogP contribution < -0.4 is 13.9 Å². The van der Waals surface area contributed by atoms with Gasteiger partial charge in [-0.05, 0) is 61.1 Å². The molecule has 0 N–H and O–H groups in total. The van der Waals surface area contributed by atoms with E-state index in [4.69, 9.17) is 9.05 Å². The molecule has 36 heavy (non-hydrogen) atoms. The van der Waals surface area contributed by atoms with Gasteiger partial charge in [0, 0.05) is 0 Å². The van der Waals surface area contributed by atoms with Crippen molar-refractivity contribution in [2.24, 2.45) is 0 Å². The molecule has 201 valence electrons. The van der Waals surface area contributed by atoms with Gasteiger partial charge in [-0.1, -0.05) is 115 Å². The molecule has 0 bridgehead atoms. The summed E-state index contributed by atoms with van der Waals surface area (Å²) in [5.74, 6) is 0.560. The molecule has 0 aromatic heterocycles. The molecule has 0 aliphatic rings. The summed E-state index contributed by atoms with van der Waals surface area (Å²) in [7, 11) is -4.50. The van der Waals surface area contributed by atoms with Crippen molar-refractivity contribution in [3.05, 3.63) is 59.7 Å². The van der Waals surface area contributed by atoms with Crippen LogP contribution in [0, 0.1) is 0 Å². The molecule has 0 saturated carbocycles. The van der Waals surface area contributed by atoms with Crippen molar-refractivity contribution >= 4 is 7.82 Å². The summed E-state index contributed by atoms with van der Waals surface area (Å²) in [4.78, 5) is 12.4. The number of unbranched alkanes of at least 4 members (excludes halogenated alkanes) is 12. The molecule has 0 atom stereocenters. The van der Waals surface area contributed by atoms with E-state index in [1.54, 1.807) is 24.3 Å². The molecule has 2 rings (SSSR count). The maximum Gasteiger partial charge on any atom is 3.00 e. The van der Waals surface area contributed by atoms with E-state index in [1.807, 2.05) is 24.3 Å². The second-order valence-electron chi connectivity index (χ2n) is 9.66. The van der Waals surface area contributed by atoms with Crippen LogP contribution >= 0.6 is 7.82 Å². The van der Waals surface area contributed by atoms with E-state index in [0.717, 1.165) is 25.7 Å². The first-order chi connectivity index (χ1) is 17.0. The Kier molecular flexibility index (Phi) is 18.0. The van der Waals surface area contributed by atoms with E-state index >= 15 is 0 Å². The van der Waals surface area contributed by atoms with Crippen molar-refractivity contribution < 1.29 is 35.6 Å². The van der Waals surface area contributed by atoms with Crippen molar-refractivity contribution in [3.8, 4) is 11.5 Å². The molecule has 0 unspecified atom stereocenters. The average molecular weight is 558 g/mol. The van der Waals surface area contributed by atoms with Crippen LogP contribution in [-0.4, -0.2) is 0 Å². The van der Waals surface area contributed by atoms with Crippen molar-refractivity contribution in [2.45, 2.75) is 117 Å². The van der Waals surface area contributed by atoms with Crippen LogP contribution in [0.4, 0.5) is 0 Å². The van der Waals surface area contributed by atoms with E-state index < -0.39 is 7.82 Å². The smallest absolute Gasteiger partial charge is 0.736 e. The minimum absolute atomic E-state index is 0. The van der Waals surface area contributed by atoms with Gasteiger partial charge in [-0.2, -0.15) is 0 Å². The summed E-state index contributed by atoms with van der Waals surface area (Å²) in [5, 5.41) is 0. The zero-order valence-corrected chi connectivity index (χ0v) is 24.4. The Bertz CT molecular complexity index is 772. The summed E-state index contributed by atoms with van der Waals surface area (Å²) >= 11 is 0. The quantitative estimate of drug-likeness (QED) is 0.0925. The van der Waals surface area contributed by atoms with Gasteiger partial charge in [0.15, 0.2) is 0 Å². The number of hydrogen-bond acceptors (Lipinski definition) is 4. The summed E-state index contributed by atoms with van der Waals surface area (Å²) in [6.45, 7) is 4.47. The van der Waals surface area contributed by atoms with Gasteiger partial charge in [0.25, 0.3) is 0 Å². The molecule has 4 nitrogen and oxygen atoms in total. The van der Waals surface area contributed by atoms with E-state index in [0.29, 0.717) is 0 Å². The molecule has 2 aromatic rings. The topological polar surface area (TPSA) is 58.6 Å². The van der Waals surface area contributed by atoms with Crippen LogP contribution in [0.25, 0.3) is 0 Å². The molecular weight excluding hydrogens is 511 g/mol. The fourth-order valence-corrected chi connectivity index (χ4v) is 5.08. The third-order valence-electron chi connectivity index (χ3n) is 6.42. The molecule has 6 heteroatoms. The maximum atomic E-state index is 12.4. The molecular formula is C30H46FeO4P+2. The van der Waals surface area contributed by atoms with Crippen molar-refractivity contribution in [2.75, 3.05) is 0 Å². The van der Waals surface area contributed by atoms with Gasteiger partial charge in [-0.15, -0.1) is 0 Å². The normalized spacial score (nSPS) is 11.2. The minimum Gasteiger partial charge on any atom is -0.736 e. The second kappa shape index (κ2) is 19.8. The summed E-state index contributed by atoms with van der Waals surface area (Å²) in [6.07, 6.45) is 19.9. The number of phosphoric acid groups is 1. The van der Waals surface area contributed by atoms with E-state index in [-0.39, 0.29) is 28.6 Å². The summed E-state index contributed by atoms with van der Waals surface area (Å²) in [5.41, 5.74) is 2.40. The van der Waals surface area contributed by atoms with Crippen LogP contribution in [0.2, 0.25) is 0 Å². The maximum absolute atomic E-state index is 12.4. The number of hydrogen-bond donors (Lipinski definition) is 0. The van der Waals surface area contributed by atoms with Gasteiger partial charge in [0.05, 0.1) is 0 Å². The fraction of sp³-hybridized carbons (Fsp3) is 0.600. The largest absolute Gasteiger partial charge is 3.00 e. The van der Waals surface area contributed by atoms with Crippen LogP contribution in [0.3, 0.4) is 0 Å². The monoisotopic (exact) mass is 557 g/mol. The van der Waals surface area contributed by atoms with Crippen LogP contribution in [0.15, 0.2) is 48.5 Å². The number of aryl methyl sites for hydroxylation is 2. The predicted octanol–water partition coefficient (Wildman–Crippen LogP) is 9.20. The molecule has 0 aliphatic carbocycles. The zero-order valence-electron chi connectivity index (χ0n) is 22.4. The Morgan fingerprint density at radius 1 is 0.556 bits per heavy atom. The summed E-state index contributed by atoms with van der Waals surface area (Å²) in [6, 6.07) is 14.6. The summed E-state index contributed by atoms with van der Waals surface area (Å²) < 4.78 is 22.7. The molecule has 0 heterocycles. The number of rotatable bonds is 20.